The monoisotopic (exact) mass is 502 g/mol. The van der Waals surface area contributed by atoms with Crippen molar-refractivity contribution in [2.45, 2.75) is 98.3 Å². The van der Waals surface area contributed by atoms with Crippen molar-refractivity contribution in [3.8, 4) is 0 Å². The van der Waals surface area contributed by atoms with Crippen LogP contribution in [0.2, 0.25) is 0 Å². The molecule has 2 aromatic rings. The maximum Gasteiger partial charge on any atom is 2.00 e. The summed E-state index contributed by atoms with van der Waals surface area (Å²) >= 11 is 0. The molecule has 0 saturated carbocycles. The van der Waals surface area contributed by atoms with E-state index in [4.69, 9.17) is 10.3 Å². The molecule has 0 atom stereocenters. The third kappa shape index (κ3) is 6.85. The minimum absolute atomic E-state index is 0. The Kier molecular flexibility index (Phi) is 11.8. The number of aliphatic imine (C=N–C) groups is 1. The normalized spacial score (nSPS) is 14.9. The van der Waals surface area contributed by atoms with E-state index in [0.29, 0.717) is 23.7 Å². The molecule has 0 spiro atoms. The summed E-state index contributed by atoms with van der Waals surface area (Å²) in [6.07, 6.45) is 5.50. The summed E-state index contributed by atoms with van der Waals surface area (Å²) in [6, 6.07) is 13.3. The number of para-hydroxylation sites is 2. The third-order valence-corrected chi connectivity index (χ3v) is 6.41. The molecule has 34 heavy (non-hydrogen) atoms. The summed E-state index contributed by atoms with van der Waals surface area (Å²) in [5, 5.41) is 5.32. The molecule has 0 fully saturated rings. The number of benzene rings is 2. The first-order chi connectivity index (χ1) is 15.2. The molecular weight excluding hydrogens is 459 g/mol. The molecule has 1 aliphatic carbocycles. The molecule has 1 aliphatic rings. The summed E-state index contributed by atoms with van der Waals surface area (Å²) < 4.78 is 0. The second-order valence-electron chi connectivity index (χ2n) is 10.3. The van der Waals surface area contributed by atoms with Crippen molar-refractivity contribution in [1.82, 2.24) is 0 Å². The molecule has 0 bridgehead atoms. The summed E-state index contributed by atoms with van der Waals surface area (Å²) in [5.74, 6) is 1.75. The average molecular weight is 503 g/mol. The zero-order valence-electron chi connectivity index (χ0n) is 22.7. The van der Waals surface area contributed by atoms with Gasteiger partial charge >= 0.3 is 16.5 Å². The van der Waals surface area contributed by atoms with Crippen molar-refractivity contribution in [3.63, 3.8) is 0 Å². The standard InChI is InChI=1S/C30H41N2.CH3.Ni/c1-19(2)23-13-11-14-24(20(3)4)29(23)31-27-17-9-10-18-28(27)32-30-25(21(5)6)15-12-16-26(30)22(7)8;;/h11-17,19-22H,9-10,18H2,1-8H3;1H3;/q2*-1;+2. The summed E-state index contributed by atoms with van der Waals surface area (Å²) in [4.78, 5) is 5.34. The van der Waals surface area contributed by atoms with Gasteiger partial charge in [0.25, 0.3) is 0 Å². The number of hydrogen-bond acceptors (Lipinski definition) is 1. The van der Waals surface area contributed by atoms with Crippen molar-refractivity contribution in [2.75, 3.05) is 0 Å². The van der Waals surface area contributed by atoms with Crippen LogP contribution in [0, 0.1) is 7.43 Å². The predicted octanol–water partition coefficient (Wildman–Crippen LogP) is 10.5. The van der Waals surface area contributed by atoms with E-state index in [9.17, 15) is 0 Å². The van der Waals surface area contributed by atoms with E-state index in [1.54, 1.807) is 0 Å². The fraction of sp³-hybridized carbons (Fsp3) is 0.484. The molecular formula is C31H44N2Ni. The fourth-order valence-corrected chi connectivity index (χ4v) is 4.51. The Morgan fingerprint density at radius 2 is 1.15 bits per heavy atom. The first-order valence-corrected chi connectivity index (χ1v) is 12.5. The molecule has 0 radical (unpaired) electrons. The van der Waals surface area contributed by atoms with Crippen molar-refractivity contribution < 1.29 is 16.5 Å². The topological polar surface area (TPSA) is 26.5 Å². The molecule has 0 unspecified atom stereocenters. The van der Waals surface area contributed by atoms with E-state index in [2.05, 4.69) is 97.9 Å². The van der Waals surface area contributed by atoms with Crippen LogP contribution in [0.3, 0.4) is 0 Å². The zero-order valence-corrected chi connectivity index (χ0v) is 23.7. The number of allylic oxidation sites excluding steroid dienone is 2. The van der Waals surface area contributed by atoms with E-state index in [-0.39, 0.29) is 23.9 Å². The fourth-order valence-electron chi connectivity index (χ4n) is 4.51. The molecule has 0 amide bonds. The minimum atomic E-state index is 0. The Morgan fingerprint density at radius 1 is 0.706 bits per heavy atom. The molecule has 0 saturated heterocycles. The molecule has 0 aliphatic heterocycles. The van der Waals surface area contributed by atoms with Crippen LogP contribution < -0.4 is 0 Å². The Bertz CT molecular complexity index is 944. The maximum absolute atomic E-state index is 5.34. The second kappa shape index (κ2) is 13.3. The summed E-state index contributed by atoms with van der Waals surface area (Å²) in [5.41, 5.74) is 9.84. The van der Waals surface area contributed by atoms with Crippen LogP contribution in [0.1, 0.15) is 121 Å². The number of nitrogens with zero attached hydrogens (tertiary/aromatic N) is 2. The Balaban J connectivity index is 0.00000289. The van der Waals surface area contributed by atoms with Crippen LogP contribution in [-0.4, -0.2) is 5.71 Å². The van der Waals surface area contributed by atoms with E-state index in [0.717, 1.165) is 42.0 Å². The van der Waals surface area contributed by atoms with Gasteiger partial charge in [0.2, 0.25) is 0 Å². The van der Waals surface area contributed by atoms with Gasteiger partial charge < -0.3 is 12.7 Å². The van der Waals surface area contributed by atoms with E-state index < -0.39 is 0 Å². The van der Waals surface area contributed by atoms with Crippen LogP contribution in [-0.2, 0) is 16.5 Å². The molecule has 0 heterocycles. The van der Waals surface area contributed by atoms with E-state index in [1.165, 1.54) is 22.3 Å². The molecule has 2 nitrogen and oxygen atoms in total. The van der Waals surface area contributed by atoms with Crippen molar-refractivity contribution in [1.29, 1.82) is 0 Å². The van der Waals surface area contributed by atoms with Gasteiger partial charge in [-0.15, -0.1) is 11.4 Å². The smallest absolute Gasteiger partial charge is 0.656 e. The average Bonchev–Trinajstić information content (AvgIpc) is 2.74. The van der Waals surface area contributed by atoms with Gasteiger partial charge in [0.1, 0.15) is 0 Å². The molecule has 2 aromatic carbocycles. The van der Waals surface area contributed by atoms with Gasteiger partial charge in [-0.25, -0.2) is 0 Å². The van der Waals surface area contributed by atoms with Crippen LogP contribution >= 0.6 is 0 Å². The van der Waals surface area contributed by atoms with Gasteiger partial charge in [-0.05, 0) is 54.1 Å². The van der Waals surface area contributed by atoms with Crippen molar-refractivity contribution in [2.24, 2.45) is 4.99 Å². The van der Waals surface area contributed by atoms with E-state index in [1.807, 2.05) is 0 Å². The van der Waals surface area contributed by atoms with Crippen LogP contribution in [0.25, 0.3) is 5.32 Å². The molecule has 3 heteroatoms. The van der Waals surface area contributed by atoms with Gasteiger partial charge in [0, 0.05) is 5.71 Å². The van der Waals surface area contributed by atoms with Crippen molar-refractivity contribution >= 4 is 17.1 Å². The quantitative estimate of drug-likeness (QED) is 0.265. The predicted molar refractivity (Wildman–Crippen MR) is 148 cm³/mol. The molecule has 0 aromatic heterocycles. The van der Waals surface area contributed by atoms with Crippen LogP contribution in [0.15, 0.2) is 53.2 Å². The van der Waals surface area contributed by atoms with Gasteiger partial charge in [0.05, 0.1) is 5.69 Å². The first-order valence-electron chi connectivity index (χ1n) is 12.5. The van der Waals surface area contributed by atoms with Gasteiger partial charge in [-0.1, -0.05) is 109 Å². The van der Waals surface area contributed by atoms with Gasteiger partial charge in [-0.3, -0.25) is 4.99 Å². The van der Waals surface area contributed by atoms with Gasteiger partial charge in [-0.2, -0.15) is 0 Å². The first kappa shape index (κ1) is 30.2. The SMILES string of the molecule is CC(C)c1cccc(C(C)C)c1N=C1CCCC=C1[N-]c1c(C(C)C)cccc1C(C)C.[CH3-].[Ni+2]. The van der Waals surface area contributed by atoms with Crippen LogP contribution in [0.4, 0.5) is 11.4 Å². The van der Waals surface area contributed by atoms with Gasteiger partial charge in [0.15, 0.2) is 0 Å². The zero-order chi connectivity index (χ0) is 23.4. The number of hydrogen-bond donors (Lipinski definition) is 0. The number of rotatable bonds is 7. The summed E-state index contributed by atoms with van der Waals surface area (Å²) in [7, 11) is 0. The third-order valence-electron chi connectivity index (χ3n) is 6.41. The van der Waals surface area contributed by atoms with E-state index >= 15 is 0 Å². The molecule has 188 valence electrons. The molecule has 3 rings (SSSR count). The van der Waals surface area contributed by atoms with Crippen molar-refractivity contribution in [3.05, 3.63) is 83.2 Å². The summed E-state index contributed by atoms with van der Waals surface area (Å²) in [6.45, 7) is 18.1. The minimum Gasteiger partial charge on any atom is -0.656 e. The largest absolute Gasteiger partial charge is 2.00 e. The maximum atomic E-state index is 5.34. The Labute approximate surface area is 219 Å². The molecule has 0 N–H and O–H groups in total. The van der Waals surface area contributed by atoms with Crippen LogP contribution in [0.5, 0.6) is 0 Å². The Hall–Kier alpha value is -1.86. The Morgan fingerprint density at radius 3 is 1.59 bits per heavy atom. The second-order valence-corrected chi connectivity index (χ2v) is 10.3.